The van der Waals surface area contributed by atoms with Crippen molar-refractivity contribution in [1.29, 1.82) is 0 Å². The zero-order valence-corrected chi connectivity index (χ0v) is 24.9. The number of halogens is 2. The summed E-state index contributed by atoms with van der Waals surface area (Å²) in [5, 5.41) is 9.30. The van der Waals surface area contributed by atoms with Crippen LogP contribution in [-0.4, -0.2) is 40.6 Å². The molecule has 4 rings (SSSR count). The maximum Gasteiger partial charge on any atom is 0.338 e. The molecule has 202 valence electrons. The van der Waals surface area contributed by atoms with Crippen molar-refractivity contribution in [3.8, 4) is 11.5 Å². The normalized spacial score (nSPS) is 14.6. The number of ether oxygens (including phenoxy) is 3. The Bertz CT molecular complexity index is 1350. The third-order valence-electron chi connectivity index (χ3n) is 5.74. The van der Waals surface area contributed by atoms with Crippen LogP contribution in [0.15, 0.2) is 57.3 Å². The molecular weight excluding hydrogens is 592 g/mol. The number of nitrogens with zero attached hydrogens (tertiary/aromatic N) is 3. The van der Waals surface area contributed by atoms with Gasteiger partial charge in [0.1, 0.15) is 6.04 Å². The van der Waals surface area contributed by atoms with Gasteiger partial charge in [-0.3, -0.25) is 0 Å². The summed E-state index contributed by atoms with van der Waals surface area (Å²) in [5.74, 6) is 1.92. The van der Waals surface area contributed by atoms with E-state index in [2.05, 4.69) is 21.2 Å². The van der Waals surface area contributed by atoms with Crippen molar-refractivity contribution in [3.05, 3.63) is 68.3 Å². The number of hydrogen-bond acceptors (Lipinski definition) is 8. The topological polar surface area (TPSA) is 87.5 Å². The lowest BCUT2D eigenvalue weighted by molar-refractivity contribution is -0.139. The first-order valence-electron chi connectivity index (χ1n) is 12.4. The fourth-order valence-electron chi connectivity index (χ4n) is 4.09. The minimum Gasteiger partial charge on any atom is -0.490 e. The molecule has 2 aromatic carbocycles. The molecule has 0 spiro atoms. The molecule has 0 radical (unpaired) electrons. The van der Waals surface area contributed by atoms with E-state index in [0.29, 0.717) is 68.9 Å². The average Bonchev–Trinajstić information content (AvgIpc) is 3.30. The number of fused-ring (bicyclic) bond motifs is 1. The number of nitrogens with one attached hydrogen (secondary N) is 1. The molecule has 1 aliphatic rings. The Morgan fingerprint density at radius 1 is 1.18 bits per heavy atom. The maximum atomic E-state index is 13.3. The molecule has 0 amide bonds. The number of carbonyl (C=O) groups is 1. The van der Waals surface area contributed by atoms with Crippen molar-refractivity contribution in [3.63, 3.8) is 0 Å². The Morgan fingerprint density at radius 3 is 2.66 bits per heavy atom. The molecule has 3 aromatic rings. The fourth-order valence-corrected chi connectivity index (χ4v) is 5.78. The molecule has 1 aromatic heterocycles. The largest absolute Gasteiger partial charge is 0.490 e. The molecule has 1 N–H and O–H groups in total. The Balaban J connectivity index is 1.78. The van der Waals surface area contributed by atoms with E-state index in [1.54, 1.807) is 4.68 Å². The molecule has 0 saturated carbocycles. The predicted molar refractivity (Wildman–Crippen MR) is 153 cm³/mol. The van der Waals surface area contributed by atoms with Crippen LogP contribution in [0.25, 0.3) is 0 Å². The molecule has 0 fully saturated rings. The van der Waals surface area contributed by atoms with Gasteiger partial charge in [0.15, 0.2) is 11.5 Å². The van der Waals surface area contributed by atoms with Crippen LogP contribution in [0.4, 0.5) is 5.95 Å². The van der Waals surface area contributed by atoms with Crippen molar-refractivity contribution < 1.29 is 19.0 Å². The molecule has 0 bridgehead atoms. The van der Waals surface area contributed by atoms with Gasteiger partial charge in [0.2, 0.25) is 11.1 Å². The van der Waals surface area contributed by atoms with E-state index in [-0.39, 0.29) is 0 Å². The van der Waals surface area contributed by atoms with Gasteiger partial charge < -0.3 is 19.5 Å². The molecule has 1 unspecified atom stereocenters. The van der Waals surface area contributed by atoms with Crippen LogP contribution in [0.3, 0.4) is 0 Å². The molecule has 38 heavy (non-hydrogen) atoms. The van der Waals surface area contributed by atoms with Crippen molar-refractivity contribution in [2.45, 2.75) is 51.1 Å². The monoisotopic (exact) mass is 620 g/mol. The quantitative estimate of drug-likeness (QED) is 0.180. The second-order valence-corrected chi connectivity index (χ2v) is 10.6. The minimum absolute atomic E-state index is 0.322. The van der Waals surface area contributed by atoms with E-state index >= 15 is 0 Å². The van der Waals surface area contributed by atoms with Gasteiger partial charge in [-0.15, -0.1) is 5.10 Å². The fraction of sp³-hybridized carbons (Fsp3) is 0.370. The number of esters is 1. The summed E-state index contributed by atoms with van der Waals surface area (Å²) in [5.41, 5.74) is 2.88. The molecular formula is C27H30BrClN4O4S. The summed E-state index contributed by atoms with van der Waals surface area (Å²) in [6.07, 6.45) is 0.719. The van der Waals surface area contributed by atoms with Gasteiger partial charge in [-0.25, -0.2) is 9.48 Å². The molecule has 0 saturated heterocycles. The van der Waals surface area contributed by atoms with Gasteiger partial charge in [0.25, 0.3) is 0 Å². The number of thioether (sulfide) groups is 1. The first-order valence-corrected chi connectivity index (χ1v) is 14.6. The second kappa shape index (κ2) is 12.9. The standard InChI is InChI=1S/C27H30BrClN4O4S/c1-5-12-37-25(34)22-16(4)30-26-31-27(38-15-17-10-8-9-11-20(17)29)32-33(26)23(22)18-13-19(28)24(36-7-3)21(14-18)35-6-2/h8-11,13-14,23H,5-7,12,15H2,1-4H3,(H,30,31,32). The number of anilines is 1. The summed E-state index contributed by atoms with van der Waals surface area (Å²) in [7, 11) is 0. The minimum atomic E-state index is -0.594. The molecule has 1 aliphatic heterocycles. The third-order valence-corrected chi connectivity index (χ3v) is 7.59. The zero-order chi connectivity index (χ0) is 27.2. The van der Waals surface area contributed by atoms with Crippen LogP contribution in [0, 0.1) is 0 Å². The molecule has 11 heteroatoms. The Labute approximate surface area is 240 Å². The molecule has 2 heterocycles. The van der Waals surface area contributed by atoms with Crippen LogP contribution < -0.4 is 14.8 Å². The van der Waals surface area contributed by atoms with Crippen LogP contribution >= 0.6 is 39.3 Å². The van der Waals surface area contributed by atoms with Crippen LogP contribution in [0.5, 0.6) is 11.5 Å². The van der Waals surface area contributed by atoms with Gasteiger partial charge >= 0.3 is 5.97 Å². The summed E-state index contributed by atoms with van der Waals surface area (Å²) >= 11 is 11.5. The Morgan fingerprint density at radius 2 is 1.95 bits per heavy atom. The van der Waals surface area contributed by atoms with E-state index in [4.69, 9.17) is 35.9 Å². The highest BCUT2D eigenvalue weighted by molar-refractivity contribution is 9.10. The van der Waals surface area contributed by atoms with Crippen LogP contribution in [-0.2, 0) is 15.3 Å². The van der Waals surface area contributed by atoms with Crippen LogP contribution in [0.2, 0.25) is 5.02 Å². The van der Waals surface area contributed by atoms with Crippen molar-refractivity contribution in [2.24, 2.45) is 0 Å². The highest BCUT2D eigenvalue weighted by atomic mass is 79.9. The van der Waals surface area contributed by atoms with Crippen molar-refractivity contribution in [2.75, 3.05) is 25.1 Å². The summed E-state index contributed by atoms with van der Waals surface area (Å²) in [4.78, 5) is 18.0. The van der Waals surface area contributed by atoms with Crippen molar-refractivity contribution >= 4 is 51.2 Å². The number of aromatic nitrogens is 3. The summed E-state index contributed by atoms with van der Waals surface area (Å²) in [6.45, 7) is 8.90. The molecule has 1 atom stereocenters. The highest BCUT2D eigenvalue weighted by Crippen LogP contribution is 2.43. The predicted octanol–water partition coefficient (Wildman–Crippen LogP) is 7.03. The van der Waals surface area contributed by atoms with Crippen LogP contribution in [0.1, 0.15) is 51.3 Å². The zero-order valence-electron chi connectivity index (χ0n) is 21.7. The van der Waals surface area contributed by atoms with E-state index in [1.807, 2.05) is 64.1 Å². The SMILES string of the molecule is CCCOC(=O)C1=C(C)Nc2nc(SCc3ccccc3Cl)nn2C1c1cc(Br)c(OCC)c(OCC)c1. The van der Waals surface area contributed by atoms with Gasteiger partial charge in [-0.1, -0.05) is 48.5 Å². The summed E-state index contributed by atoms with van der Waals surface area (Å²) < 4.78 is 19.8. The maximum absolute atomic E-state index is 13.3. The highest BCUT2D eigenvalue weighted by Gasteiger charge is 2.36. The Hall–Kier alpha value is -2.69. The smallest absolute Gasteiger partial charge is 0.338 e. The van der Waals surface area contributed by atoms with Gasteiger partial charge in [-0.05, 0) is 72.4 Å². The molecule has 8 nitrogen and oxygen atoms in total. The van der Waals surface area contributed by atoms with E-state index in [0.717, 1.165) is 17.5 Å². The molecule has 0 aliphatic carbocycles. The van der Waals surface area contributed by atoms with E-state index in [9.17, 15) is 4.79 Å². The van der Waals surface area contributed by atoms with Crippen molar-refractivity contribution in [1.82, 2.24) is 14.8 Å². The van der Waals surface area contributed by atoms with E-state index in [1.165, 1.54) is 11.8 Å². The average molecular weight is 622 g/mol. The first kappa shape index (κ1) is 28.3. The third kappa shape index (κ3) is 6.13. The lowest BCUT2D eigenvalue weighted by Gasteiger charge is -2.29. The summed E-state index contributed by atoms with van der Waals surface area (Å²) in [6, 6.07) is 10.9. The number of rotatable bonds is 11. The number of allylic oxidation sites excluding steroid dienone is 1. The number of benzene rings is 2. The number of carbonyl (C=O) groups excluding carboxylic acids is 1. The lowest BCUT2D eigenvalue weighted by Crippen LogP contribution is -2.30. The van der Waals surface area contributed by atoms with Gasteiger partial charge in [-0.2, -0.15) is 4.98 Å². The second-order valence-electron chi connectivity index (χ2n) is 8.44. The lowest BCUT2D eigenvalue weighted by atomic mass is 9.95. The van der Waals surface area contributed by atoms with E-state index < -0.39 is 12.0 Å². The van der Waals surface area contributed by atoms with Gasteiger partial charge in [0.05, 0.1) is 29.9 Å². The Kier molecular flexibility index (Phi) is 9.62. The number of hydrogen-bond donors (Lipinski definition) is 1. The first-order chi connectivity index (χ1) is 18.4. The van der Waals surface area contributed by atoms with Gasteiger partial charge in [0, 0.05) is 16.5 Å².